The van der Waals surface area contributed by atoms with Crippen LogP contribution in [0.25, 0.3) is 0 Å². The Kier molecular flexibility index (Phi) is 4.43. The van der Waals surface area contributed by atoms with E-state index >= 15 is 0 Å². The Balaban J connectivity index is 2.19. The van der Waals surface area contributed by atoms with Crippen LogP contribution in [0.15, 0.2) is 23.0 Å². The highest BCUT2D eigenvalue weighted by Gasteiger charge is 2.21. The number of hydrogen-bond donors (Lipinski definition) is 2. The Bertz CT molecular complexity index is 675. The molecule has 110 valence electrons. The predicted octanol–water partition coefficient (Wildman–Crippen LogP) is 2.54. The van der Waals surface area contributed by atoms with Crippen LogP contribution in [-0.4, -0.2) is 27.5 Å². The summed E-state index contributed by atoms with van der Waals surface area (Å²) in [7, 11) is 0. The van der Waals surface area contributed by atoms with Gasteiger partial charge in [0.25, 0.3) is 5.69 Å². The average Bonchev–Trinajstić information content (AvgIpc) is 2.91. The van der Waals surface area contributed by atoms with Crippen molar-refractivity contribution >= 4 is 28.7 Å². The summed E-state index contributed by atoms with van der Waals surface area (Å²) in [6.45, 7) is 0.316. The molecule has 0 amide bonds. The molecule has 0 aliphatic rings. The van der Waals surface area contributed by atoms with Crippen LogP contribution in [0.4, 0.5) is 15.8 Å². The van der Waals surface area contributed by atoms with Gasteiger partial charge in [0.2, 0.25) is 0 Å². The van der Waals surface area contributed by atoms with Gasteiger partial charge in [0.15, 0.2) is 0 Å². The summed E-state index contributed by atoms with van der Waals surface area (Å²) >= 11 is 1.43. The summed E-state index contributed by atoms with van der Waals surface area (Å²) in [5, 5.41) is 24.3. The third-order valence-electron chi connectivity index (χ3n) is 2.69. The minimum absolute atomic E-state index is 0.0577. The number of anilines is 1. The monoisotopic (exact) mass is 311 g/mol. The van der Waals surface area contributed by atoms with Gasteiger partial charge in [0, 0.05) is 30.5 Å². The zero-order valence-electron chi connectivity index (χ0n) is 10.6. The molecule has 1 aromatic carbocycles. The second-order valence-corrected chi connectivity index (χ2v) is 4.79. The molecule has 0 radical (unpaired) electrons. The summed E-state index contributed by atoms with van der Waals surface area (Å²) < 4.78 is 13.6. The normalized spacial score (nSPS) is 10.3. The van der Waals surface area contributed by atoms with Crippen LogP contribution in [0, 0.1) is 15.9 Å². The Hall–Kier alpha value is -2.55. The summed E-state index contributed by atoms with van der Waals surface area (Å²) in [6.07, 6.45) is 0.517. The largest absolute Gasteiger partial charge is 0.478 e. The number of nitrogens with one attached hydrogen (secondary N) is 1. The number of halogens is 1. The summed E-state index contributed by atoms with van der Waals surface area (Å²) in [5.41, 5.74) is 1.22. The maximum atomic E-state index is 13.6. The van der Waals surface area contributed by atoms with Gasteiger partial charge in [0.1, 0.15) is 17.1 Å². The second-order valence-electron chi connectivity index (χ2n) is 4.07. The molecule has 7 nitrogen and oxygen atoms in total. The van der Waals surface area contributed by atoms with Crippen molar-refractivity contribution in [1.29, 1.82) is 0 Å². The number of benzene rings is 1. The first-order chi connectivity index (χ1) is 9.99. The van der Waals surface area contributed by atoms with Gasteiger partial charge in [-0.05, 0) is 0 Å². The number of hydrogen-bond acceptors (Lipinski definition) is 6. The van der Waals surface area contributed by atoms with E-state index in [1.54, 1.807) is 5.51 Å². The number of nitrogens with zero attached hydrogens (tertiary/aromatic N) is 2. The fourth-order valence-corrected chi connectivity index (χ4v) is 2.30. The fourth-order valence-electron chi connectivity index (χ4n) is 1.70. The predicted molar refractivity (Wildman–Crippen MR) is 74.3 cm³/mol. The minimum atomic E-state index is -1.55. The van der Waals surface area contributed by atoms with Crippen LogP contribution in [0.2, 0.25) is 0 Å². The van der Waals surface area contributed by atoms with E-state index in [0.29, 0.717) is 19.0 Å². The highest BCUT2D eigenvalue weighted by atomic mass is 32.1. The van der Waals surface area contributed by atoms with Crippen LogP contribution in [-0.2, 0) is 6.42 Å². The van der Waals surface area contributed by atoms with E-state index in [2.05, 4.69) is 10.3 Å². The zero-order chi connectivity index (χ0) is 15.4. The van der Waals surface area contributed by atoms with Crippen molar-refractivity contribution < 1.29 is 19.2 Å². The van der Waals surface area contributed by atoms with Crippen LogP contribution in [0.1, 0.15) is 16.1 Å². The Morgan fingerprint density at radius 3 is 2.86 bits per heavy atom. The lowest BCUT2D eigenvalue weighted by Gasteiger charge is -2.08. The molecule has 9 heteroatoms. The molecule has 0 saturated heterocycles. The van der Waals surface area contributed by atoms with Gasteiger partial charge in [-0.15, -0.1) is 11.3 Å². The van der Waals surface area contributed by atoms with E-state index in [1.807, 2.05) is 5.38 Å². The number of rotatable bonds is 6. The Morgan fingerprint density at radius 1 is 1.52 bits per heavy atom. The topological polar surface area (TPSA) is 105 Å². The third-order valence-corrected chi connectivity index (χ3v) is 3.33. The first-order valence-electron chi connectivity index (χ1n) is 5.81. The van der Waals surface area contributed by atoms with E-state index in [9.17, 15) is 19.3 Å². The average molecular weight is 311 g/mol. The van der Waals surface area contributed by atoms with Gasteiger partial charge >= 0.3 is 5.97 Å². The smallest absolute Gasteiger partial charge is 0.338 e. The highest BCUT2D eigenvalue weighted by Crippen LogP contribution is 2.28. The van der Waals surface area contributed by atoms with Crippen molar-refractivity contribution in [3.8, 4) is 0 Å². The van der Waals surface area contributed by atoms with Gasteiger partial charge in [0.05, 0.1) is 16.1 Å². The molecule has 1 heterocycles. The van der Waals surface area contributed by atoms with E-state index in [0.717, 1.165) is 11.8 Å². The number of carboxylic acids is 1. The van der Waals surface area contributed by atoms with Crippen molar-refractivity contribution in [1.82, 2.24) is 4.98 Å². The molecule has 0 unspecified atom stereocenters. The molecule has 0 atom stereocenters. The van der Waals surface area contributed by atoms with E-state index in [4.69, 9.17) is 5.11 Å². The molecule has 2 aromatic rings. The first kappa shape index (κ1) is 14.9. The number of nitro benzene ring substituents is 1. The number of carboxylic acid groups (broad SMARTS) is 1. The molecule has 2 N–H and O–H groups in total. The molecule has 0 fully saturated rings. The maximum Gasteiger partial charge on any atom is 0.338 e. The number of carbonyl (C=O) groups is 1. The van der Waals surface area contributed by atoms with E-state index < -0.39 is 28.0 Å². The lowest BCUT2D eigenvalue weighted by molar-refractivity contribution is -0.384. The molecule has 1 aromatic heterocycles. The molecule has 0 aliphatic heterocycles. The van der Waals surface area contributed by atoms with Gasteiger partial charge in [-0.3, -0.25) is 10.1 Å². The fraction of sp³-hybridized carbons (Fsp3) is 0.167. The van der Waals surface area contributed by atoms with Crippen LogP contribution >= 0.6 is 11.3 Å². The van der Waals surface area contributed by atoms with Crippen molar-refractivity contribution in [2.45, 2.75) is 6.42 Å². The van der Waals surface area contributed by atoms with E-state index in [-0.39, 0.29) is 5.69 Å². The zero-order valence-corrected chi connectivity index (χ0v) is 11.4. The molecule has 0 spiro atoms. The maximum absolute atomic E-state index is 13.6. The second kappa shape index (κ2) is 6.27. The van der Waals surface area contributed by atoms with Crippen molar-refractivity contribution in [3.05, 3.63) is 50.2 Å². The standard InChI is InChI=1S/C12H10FN3O4S/c13-9-4-10(14-2-1-7-5-21-6-15-7)11(16(19)20)3-8(9)12(17)18/h3-6,14H,1-2H2,(H,17,18). The molecule has 0 aliphatic carbocycles. The number of thiazole rings is 1. The van der Waals surface area contributed by atoms with Crippen LogP contribution in [0.3, 0.4) is 0 Å². The van der Waals surface area contributed by atoms with Crippen molar-refractivity contribution in [2.24, 2.45) is 0 Å². The molecular formula is C12H10FN3O4S. The Labute approximate surface area is 122 Å². The van der Waals surface area contributed by atoms with Crippen molar-refractivity contribution in [2.75, 3.05) is 11.9 Å². The third kappa shape index (κ3) is 3.51. The lowest BCUT2D eigenvalue weighted by atomic mass is 10.1. The quantitative estimate of drug-likeness (QED) is 0.627. The summed E-state index contributed by atoms with van der Waals surface area (Å²) in [6, 6.07) is 1.53. The SMILES string of the molecule is O=C(O)c1cc([N+](=O)[O-])c(NCCc2cscn2)cc1F. The lowest BCUT2D eigenvalue weighted by Crippen LogP contribution is -2.09. The minimum Gasteiger partial charge on any atom is -0.478 e. The summed E-state index contributed by atoms with van der Waals surface area (Å²) in [5.74, 6) is -2.58. The van der Waals surface area contributed by atoms with Crippen LogP contribution in [0.5, 0.6) is 0 Å². The Morgan fingerprint density at radius 2 is 2.29 bits per heavy atom. The molecule has 0 saturated carbocycles. The van der Waals surface area contributed by atoms with Gasteiger partial charge in [-0.1, -0.05) is 0 Å². The first-order valence-corrected chi connectivity index (χ1v) is 6.75. The summed E-state index contributed by atoms with van der Waals surface area (Å²) in [4.78, 5) is 25.0. The molecule has 2 rings (SSSR count). The van der Waals surface area contributed by atoms with E-state index in [1.165, 1.54) is 11.3 Å². The van der Waals surface area contributed by atoms with Crippen LogP contribution < -0.4 is 5.32 Å². The van der Waals surface area contributed by atoms with Gasteiger partial charge in [-0.2, -0.15) is 0 Å². The molecular weight excluding hydrogens is 301 g/mol. The van der Waals surface area contributed by atoms with Gasteiger partial charge in [-0.25, -0.2) is 14.2 Å². The molecule has 21 heavy (non-hydrogen) atoms. The van der Waals surface area contributed by atoms with Gasteiger partial charge < -0.3 is 10.4 Å². The van der Waals surface area contributed by atoms with Crippen molar-refractivity contribution in [3.63, 3.8) is 0 Å². The number of nitro groups is 1. The number of aromatic nitrogens is 1. The highest BCUT2D eigenvalue weighted by molar-refractivity contribution is 7.07. The number of aromatic carboxylic acids is 1. The molecule has 0 bridgehead atoms.